The lowest BCUT2D eigenvalue weighted by atomic mass is 9.99. The minimum absolute atomic E-state index is 0.834. The molecule has 4 aromatic heterocycles. The highest BCUT2D eigenvalue weighted by Gasteiger charge is 2.25. The van der Waals surface area contributed by atoms with Crippen molar-refractivity contribution in [2.24, 2.45) is 0 Å². The Balaban J connectivity index is 1.20. The summed E-state index contributed by atoms with van der Waals surface area (Å²) in [7, 11) is 0. The van der Waals surface area contributed by atoms with Crippen LogP contribution in [-0.2, 0) is 0 Å². The van der Waals surface area contributed by atoms with Crippen LogP contribution in [0.5, 0.6) is 0 Å². The Bertz CT molecular complexity index is 3420. The smallest absolute Gasteiger partial charge is 0.137 e. The van der Waals surface area contributed by atoms with E-state index >= 15 is 0 Å². The summed E-state index contributed by atoms with van der Waals surface area (Å²) in [5.74, 6) is 0. The molecular formula is C50H31N5O. The van der Waals surface area contributed by atoms with Crippen molar-refractivity contribution in [1.29, 1.82) is 0 Å². The maximum Gasteiger partial charge on any atom is 0.137 e. The van der Waals surface area contributed by atoms with Crippen LogP contribution in [0.2, 0.25) is 0 Å². The molecule has 0 aliphatic rings. The Morgan fingerprint density at radius 2 is 1.04 bits per heavy atom. The second-order valence-electron chi connectivity index (χ2n) is 14.2. The van der Waals surface area contributed by atoms with Gasteiger partial charge in [0.05, 0.1) is 44.5 Å². The van der Waals surface area contributed by atoms with E-state index in [1.54, 1.807) is 0 Å². The molecule has 0 saturated carbocycles. The molecule has 262 valence electrons. The van der Waals surface area contributed by atoms with Crippen LogP contribution >= 0.6 is 0 Å². The van der Waals surface area contributed by atoms with Gasteiger partial charge >= 0.3 is 0 Å². The van der Waals surface area contributed by atoms with Crippen molar-refractivity contribution in [3.05, 3.63) is 188 Å². The van der Waals surface area contributed by atoms with Crippen molar-refractivity contribution in [1.82, 2.24) is 24.1 Å². The van der Waals surface area contributed by atoms with Crippen LogP contribution in [0.3, 0.4) is 0 Å². The first-order chi connectivity index (χ1) is 27.8. The van der Waals surface area contributed by atoms with Gasteiger partial charge in [0.25, 0.3) is 0 Å². The molecule has 0 aliphatic heterocycles. The average molecular weight is 718 g/mol. The zero-order valence-electron chi connectivity index (χ0n) is 30.0. The van der Waals surface area contributed by atoms with Crippen molar-refractivity contribution in [3.63, 3.8) is 0 Å². The van der Waals surface area contributed by atoms with E-state index in [2.05, 4.69) is 167 Å². The van der Waals surface area contributed by atoms with Gasteiger partial charge in [-0.2, -0.15) is 0 Å². The highest BCUT2D eigenvalue weighted by atomic mass is 16.3. The van der Waals surface area contributed by atoms with E-state index < -0.39 is 0 Å². The van der Waals surface area contributed by atoms with Gasteiger partial charge in [-0.05, 0) is 60.7 Å². The fraction of sp³-hybridized carbons (Fsp3) is 0. The van der Waals surface area contributed by atoms with Crippen molar-refractivity contribution in [2.75, 3.05) is 0 Å². The third-order valence-corrected chi connectivity index (χ3v) is 11.2. The summed E-state index contributed by atoms with van der Waals surface area (Å²) in [6, 6.07) is 66.1. The molecule has 4 heterocycles. The zero-order chi connectivity index (χ0) is 36.7. The zero-order valence-corrected chi connectivity index (χ0v) is 30.0. The molecule has 6 nitrogen and oxygen atoms in total. The summed E-state index contributed by atoms with van der Waals surface area (Å²) in [6.07, 6.45) is 0. The number of hydrogen-bond donors (Lipinski definition) is 0. The van der Waals surface area contributed by atoms with Crippen LogP contribution in [-0.4, -0.2) is 24.1 Å². The van der Waals surface area contributed by atoms with Crippen LogP contribution in [0, 0.1) is 0 Å². The van der Waals surface area contributed by atoms with Crippen LogP contribution in [0.25, 0.3) is 105 Å². The molecule has 12 aromatic rings. The molecule has 0 unspecified atom stereocenters. The van der Waals surface area contributed by atoms with E-state index in [1.807, 2.05) is 35.0 Å². The van der Waals surface area contributed by atoms with Crippen molar-refractivity contribution < 1.29 is 4.42 Å². The highest BCUT2D eigenvalue weighted by molar-refractivity contribution is 6.25. The van der Waals surface area contributed by atoms with Crippen molar-refractivity contribution in [3.8, 4) is 39.6 Å². The van der Waals surface area contributed by atoms with Crippen molar-refractivity contribution >= 4 is 65.6 Å². The standard InChI is InChI=1S/C50H31N5O/c1-3-16-32(17-4-1)48-50(55(52-51-48)33-18-5-2-6-19-33)38-23-15-28-43-46(38)36-21-8-11-25-40(36)53(43)41-26-12-13-27-42(41)54-39-24-10-7-20-34(39)35-30-31-45-47(49(35)54)37-22-9-14-29-44(37)56-45/h1-31H. The fourth-order valence-electron chi connectivity index (χ4n) is 8.90. The molecule has 6 heteroatoms. The quantitative estimate of drug-likeness (QED) is 0.178. The lowest BCUT2D eigenvalue weighted by molar-refractivity contribution is 0.669. The maximum absolute atomic E-state index is 6.47. The number of hydrogen-bond acceptors (Lipinski definition) is 3. The number of benzene rings is 8. The molecule has 0 spiro atoms. The number of aromatic nitrogens is 5. The predicted molar refractivity (Wildman–Crippen MR) is 228 cm³/mol. The van der Waals surface area contributed by atoms with Gasteiger partial charge in [-0.3, -0.25) is 0 Å². The van der Waals surface area contributed by atoms with E-state index in [0.717, 1.165) is 94.4 Å². The normalized spacial score (nSPS) is 11.9. The Morgan fingerprint density at radius 3 is 1.84 bits per heavy atom. The van der Waals surface area contributed by atoms with Gasteiger partial charge < -0.3 is 13.6 Å². The minimum Gasteiger partial charge on any atom is -0.456 e. The van der Waals surface area contributed by atoms with Gasteiger partial charge in [0.2, 0.25) is 0 Å². The molecular weight excluding hydrogens is 687 g/mol. The lowest BCUT2D eigenvalue weighted by Gasteiger charge is -2.17. The minimum atomic E-state index is 0.834. The maximum atomic E-state index is 6.47. The lowest BCUT2D eigenvalue weighted by Crippen LogP contribution is -2.03. The number of para-hydroxylation sites is 6. The molecule has 0 radical (unpaired) electrons. The summed E-state index contributed by atoms with van der Waals surface area (Å²) in [5, 5.41) is 16.5. The van der Waals surface area contributed by atoms with Crippen LogP contribution in [0.4, 0.5) is 0 Å². The molecule has 56 heavy (non-hydrogen) atoms. The summed E-state index contributed by atoms with van der Waals surface area (Å²) >= 11 is 0. The Hall–Kier alpha value is -7.70. The number of fused-ring (bicyclic) bond motifs is 10. The topological polar surface area (TPSA) is 53.7 Å². The van der Waals surface area contributed by atoms with Crippen LogP contribution in [0.15, 0.2) is 192 Å². The SMILES string of the molecule is c1ccc(-c2nnn(-c3ccccc3)c2-c2cccc3c2c2ccccc2n3-c2ccccc2-n2c3ccccc3c3ccc4oc5ccccc5c4c32)cc1. The summed E-state index contributed by atoms with van der Waals surface area (Å²) in [4.78, 5) is 0. The van der Waals surface area contributed by atoms with E-state index in [4.69, 9.17) is 14.7 Å². The summed E-state index contributed by atoms with van der Waals surface area (Å²) in [5.41, 5.74) is 13.2. The van der Waals surface area contributed by atoms with Gasteiger partial charge in [0.1, 0.15) is 22.6 Å². The average Bonchev–Trinajstić information content (AvgIpc) is 4.04. The molecule has 0 saturated heterocycles. The van der Waals surface area contributed by atoms with E-state index in [1.165, 1.54) is 10.8 Å². The Kier molecular flexibility index (Phi) is 6.53. The van der Waals surface area contributed by atoms with Crippen molar-refractivity contribution in [2.45, 2.75) is 0 Å². The molecule has 0 bridgehead atoms. The highest BCUT2D eigenvalue weighted by Crippen LogP contribution is 2.45. The fourth-order valence-corrected chi connectivity index (χ4v) is 8.90. The Labute approximate surface area is 320 Å². The van der Waals surface area contributed by atoms with Gasteiger partial charge in [-0.1, -0.05) is 133 Å². The molecule has 0 fully saturated rings. The second kappa shape index (κ2) is 11.9. The van der Waals surface area contributed by atoms with Gasteiger partial charge in [0.15, 0.2) is 0 Å². The molecule has 0 atom stereocenters. The third kappa shape index (κ3) is 4.32. The number of furan rings is 1. The molecule has 0 aliphatic carbocycles. The summed E-state index contributed by atoms with van der Waals surface area (Å²) in [6.45, 7) is 0. The predicted octanol–water partition coefficient (Wildman–Crippen LogP) is 12.7. The van der Waals surface area contributed by atoms with Gasteiger partial charge in [-0.15, -0.1) is 5.10 Å². The van der Waals surface area contributed by atoms with Gasteiger partial charge in [-0.25, -0.2) is 4.68 Å². The molecule has 0 N–H and O–H groups in total. The number of nitrogens with zero attached hydrogens (tertiary/aromatic N) is 5. The first-order valence-corrected chi connectivity index (χ1v) is 18.9. The first-order valence-electron chi connectivity index (χ1n) is 18.9. The first kappa shape index (κ1) is 30.7. The van der Waals surface area contributed by atoms with Crippen LogP contribution < -0.4 is 0 Å². The summed E-state index contributed by atoms with van der Waals surface area (Å²) < 4.78 is 13.3. The molecule has 12 rings (SSSR count). The molecule has 0 amide bonds. The molecule has 8 aromatic carbocycles. The largest absolute Gasteiger partial charge is 0.456 e. The number of rotatable bonds is 5. The van der Waals surface area contributed by atoms with Gasteiger partial charge in [0, 0.05) is 38.1 Å². The van der Waals surface area contributed by atoms with E-state index in [9.17, 15) is 0 Å². The van der Waals surface area contributed by atoms with E-state index in [0.29, 0.717) is 0 Å². The monoisotopic (exact) mass is 717 g/mol. The van der Waals surface area contributed by atoms with E-state index in [-0.39, 0.29) is 0 Å². The second-order valence-corrected chi connectivity index (χ2v) is 14.2. The Morgan fingerprint density at radius 1 is 0.411 bits per heavy atom. The third-order valence-electron chi connectivity index (χ3n) is 11.2. The van der Waals surface area contributed by atoms with Crippen LogP contribution in [0.1, 0.15) is 0 Å².